The maximum absolute atomic E-state index is 12.8. The first-order valence-electron chi connectivity index (χ1n) is 7.46. The molecule has 2 aromatic rings. The molecule has 0 spiro atoms. The van der Waals surface area contributed by atoms with E-state index in [2.05, 4.69) is 29.7 Å². The third kappa shape index (κ3) is 5.30. The van der Waals surface area contributed by atoms with Gasteiger partial charge in [0.2, 0.25) is 5.91 Å². The monoisotopic (exact) mass is 300 g/mol. The van der Waals surface area contributed by atoms with Crippen LogP contribution < -0.4 is 10.6 Å². The number of hydrogen-bond acceptors (Lipinski definition) is 2. The van der Waals surface area contributed by atoms with E-state index in [1.807, 2.05) is 18.2 Å². The number of carbonyl (C=O) groups excluding carboxylic acids is 1. The van der Waals surface area contributed by atoms with Crippen LogP contribution in [0.25, 0.3) is 0 Å². The van der Waals surface area contributed by atoms with Crippen molar-refractivity contribution in [1.82, 2.24) is 5.32 Å². The second-order valence-electron chi connectivity index (χ2n) is 5.33. The quantitative estimate of drug-likeness (QED) is 0.768. The fraction of sp³-hybridized carbons (Fsp3) is 0.278. The minimum absolute atomic E-state index is 0.126. The molecule has 2 rings (SSSR count). The molecular formula is C18H21FN2O. The van der Waals surface area contributed by atoms with Crippen LogP contribution in [0.2, 0.25) is 0 Å². The Kier molecular flexibility index (Phi) is 6.10. The fourth-order valence-electron chi connectivity index (χ4n) is 2.21. The van der Waals surface area contributed by atoms with E-state index < -0.39 is 0 Å². The SMILES string of the molecule is CC(CCNCC(=O)Nc1ccc(F)cc1)c1ccccc1. The Hall–Kier alpha value is -2.20. The topological polar surface area (TPSA) is 41.1 Å². The second-order valence-corrected chi connectivity index (χ2v) is 5.33. The average Bonchev–Trinajstić information content (AvgIpc) is 2.54. The number of halogens is 1. The average molecular weight is 300 g/mol. The minimum atomic E-state index is -0.314. The highest BCUT2D eigenvalue weighted by Gasteiger charge is 2.06. The largest absolute Gasteiger partial charge is 0.325 e. The van der Waals surface area contributed by atoms with Crippen LogP contribution in [-0.4, -0.2) is 19.0 Å². The lowest BCUT2D eigenvalue weighted by molar-refractivity contribution is -0.115. The molecule has 0 bridgehead atoms. The van der Waals surface area contributed by atoms with Gasteiger partial charge in [-0.2, -0.15) is 0 Å². The van der Waals surface area contributed by atoms with Crippen molar-refractivity contribution in [2.45, 2.75) is 19.3 Å². The van der Waals surface area contributed by atoms with E-state index in [4.69, 9.17) is 0 Å². The minimum Gasteiger partial charge on any atom is -0.325 e. The van der Waals surface area contributed by atoms with Crippen LogP contribution in [0.1, 0.15) is 24.8 Å². The van der Waals surface area contributed by atoms with Gasteiger partial charge >= 0.3 is 0 Å². The maximum Gasteiger partial charge on any atom is 0.238 e. The summed E-state index contributed by atoms with van der Waals surface area (Å²) < 4.78 is 12.8. The first kappa shape index (κ1) is 16.2. The molecule has 0 heterocycles. The summed E-state index contributed by atoms with van der Waals surface area (Å²) in [5.74, 6) is 0.0128. The smallest absolute Gasteiger partial charge is 0.238 e. The molecule has 0 aliphatic carbocycles. The van der Waals surface area contributed by atoms with Gasteiger partial charge in [-0.15, -0.1) is 0 Å². The van der Waals surface area contributed by atoms with Crippen LogP contribution in [0, 0.1) is 5.82 Å². The molecule has 0 aliphatic rings. The first-order chi connectivity index (χ1) is 10.6. The first-order valence-corrected chi connectivity index (χ1v) is 7.46. The number of carbonyl (C=O) groups is 1. The zero-order chi connectivity index (χ0) is 15.8. The van der Waals surface area contributed by atoms with Crippen molar-refractivity contribution in [3.05, 3.63) is 66.0 Å². The highest BCUT2D eigenvalue weighted by molar-refractivity contribution is 5.92. The molecule has 3 nitrogen and oxygen atoms in total. The Morgan fingerprint density at radius 2 is 1.77 bits per heavy atom. The van der Waals surface area contributed by atoms with E-state index in [-0.39, 0.29) is 18.3 Å². The van der Waals surface area contributed by atoms with E-state index in [9.17, 15) is 9.18 Å². The van der Waals surface area contributed by atoms with Gasteiger partial charge in [0.1, 0.15) is 5.82 Å². The Bertz CT molecular complexity index is 584. The van der Waals surface area contributed by atoms with E-state index in [0.717, 1.165) is 13.0 Å². The van der Waals surface area contributed by atoms with Crippen LogP contribution in [-0.2, 0) is 4.79 Å². The summed E-state index contributed by atoms with van der Waals surface area (Å²) in [6.07, 6.45) is 0.966. The lowest BCUT2D eigenvalue weighted by atomic mass is 9.98. The van der Waals surface area contributed by atoms with Gasteiger partial charge in [-0.1, -0.05) is 37.3 Å². The normalized spacial score (nSPS) is 11.9. The molecule has 0 fully saturated rings. The van der Waals surface area contributed by atoms with Gasteiger partial charge in [-0.05, 0) is 48.7 Å². The Labute approximate surface area is 130 Å². The summed E-state index contributed by atoms with van der Waals surface area (Å²) in [4.78, 5) is 11.7. The predicted octanol–water partition coefficient (Wildman–Crippen LogP) is 3.55. The zero-order valence-electron chi connectivity index (χ0n) is 12.7. The highest BCUT2D eigenvalue weighted by atomic mass is 19.1. The van der Waals surface area contributed by atoms with Crippen molar-refractivity contribution >= 4 is 11.6 Å². The Balaban J connectivity index is 1.66. The lowest BCUT2D eigenvalue weighted by Crippen LogP contribution is -2.29. The number of benzene rings is 2. The van der Waals surface area contributed by atoms with Crippen molar-refractivity contribution in [2.75, 3.05) is 18.4 Å². The third-order valence-corrected chi connectivity index (χ3v) is 3.54. The van der Waals surface area contributed by atoms with Crippen molar-refractivity contribution < 1.29 is 9.18 Å². The standard InChI is InChI=1S/C18H21FN2O/c1-14(15-5-3-2-4-6-15)11-12-20-13-18(22)21-17-9-7-16(19)8-10-17/h2-10,14,20H,11-13H2,1H3,(H,21,22). The van der Waals surface area contributed by atoms with Crippen molar-refractivity contribution in [3.63, 3.8) is 0 Å². The zero-order valence-corrected chi connectivity index (χ0v) is 12.7. The molecule has 0 aliphatic heterocycles. The van der Waals surface area contributed by atoms with Gasteiger partial charge in [-0.25, -0.2) is 4.39 Å². The van der Waals surface area contributed by atoms with Crippen molar-refractivity contribution in [1.29, 1.82) is 0 Å². The Morgan fingerprint density at radius 3 is 2.45 bits per heavy atom. The summed E-state index contributed by atoms with van der Waals surface area (Å²) in [6.45, 7) is 3.20. The highest BCUT2D eigenvalue weighted by Crippen LogP contribution is 2.17. The second kappa shape index (κ2) is 8.29. The van der Waals surface area contributed by atoms with Gasteiger partial charge < -0.3 is 10.6 Å². The van der Waals surface area contributed by atoms with Gasteiger partial charge in [0, 0.05) is 5.69 Å². The molecular weight excluding hydrogens is 279 g/mol. The molecule has 1 amide bonds. The molecule has 4 heteroatoms. The van der Waals surface area contributed by atoms with Crippen LogP contribution in [0.4, 0.5) is 10.1 Å². The predicted molar refractivity (Wildman–Crippen MR) is 87.4 cm³/mol. The van der Waals surface area contributed by atoms with Gasteiger partial charge in [0.05, 0.1) is 6.54 Å². The van der Waals surface area contributed by atoms with E-state index >= 15 is 0 Å². The molecule has 2 aromatic carbocycles. The van der Waals surface area contributed by atoms with Gasteiger partial charge in [0.15, 0.2) is 0 Å². The number of anilines is 1. The van der Waals surface area contributed by atoms with Gasteiger partial charge in [-0.3, -0.25) is 4.79 Å². The Morgan fingerprint density at radius 1 is 1.09 bits per heavy atom. The summed E-state index contributed by atoms with van der Waals surface area (Å²) in [5.41, 5.74) is 1.91. The van der Waals surface area contributed by atoms with Crippen LogP contribution in [0.5, 0.6) is 0 Å². The molecule has 22 heavy (non-hydrogen) atoms. The molecule has 1 unspecified atom stereocenters. The lowest BCUT2D eigenvalue weighted by Gasteiger charge is -2.12. The molecule has 2 N–H and O–H groups in total. The van der Waals surface area contributed by atoms with E-state index in [1.165, 1.54) is 17.7 Å². The number of amides is 1. The summed E-state index contributed by atoms with van der Waals surface area (Å²) >= 11 is 0. The molecule has 0 saturated carbocycles. The number of rotatable bonds is 7. The van der Waals surface area contributed by atoms with Crippen molar-refractivity contribution in [2.24, 2.45) is 0 Å². The molecule has 1 atom stereocenters. The molecule has 0 aromatic heterocycles. The number of hydrogen-bond donors (Lipinski definition) is 2. The van der Waals surface area contributed by atoms with Crippen LogP contribution >= 0.6 is 0 Å². The third-order valence-electron chi connectivity index (χ3n) is 3.54. The van der Waals surface area contributed by atoms with Crippen molar-refractivity contribution in [3.8, 4) is 0 Å². The summed E-state index contributed by atoms with van der Waals surface area (Å²) in [7, 11) is 0. The van der Waals surface area contributed by atoms with Crippen LogP contribution in [0.15, 0.2) is 54.6 Å². The number of nitrogens with one attached hydrogen (secondary N) is 2. The van der Waals surface area contributed by atoms with Crippen LogP contribution in [0.3, 0.4) is 0 Å². The molecule has 0 saturated heterocycles. The maximum atomic E-state index is 12.8. The fourth-order valence-corrected chi connectivity index (χ4v) is 2.21. The van der Waals surface area contributed by atoms with Gasteiger partial charge in [0.25, 0.3) is 0 Å². The van der Waals surface area contributed by atoms with E-state index in [1.54, 1.807) is 12.1 Å². The van der Waals surface area contributed by atoms with E-state index in [0.29, 0.717) is 11.6 Å². The summed E-state index contributed by atoms with van der Waals surface area (Å²) in [6, 6.07) is 16.1. The molecule has 0 radical (unpaired) electrons. The molecule has 116 valence electrons. The summed E-state index contributed by atoms with van der Waals surface area (Å²) in [5, 5.41) is 5.85.